The lowest BCUT2D eigenvalue weighted by molar-refractivity contribution is 0.586. The average molecular weight is 428 g/mol. The maximum Gasteiger partial charge on any atom is 0.143 e. The van der Waals surface area contributed by atoms with Crippen molar-refractivity contribution >= 4 is 36.3 Å². The largest absolute Gasteiger partial charge is 0.314 e. The van der Waals surface area contributed by atoms with Crippen molar-refractivity contribution in [2.24, 2.45) is 0 Å². The molecule has 0 aliphatic rings. The van der Waals surface area contributed by atoms with Crippen molar-refractivity contribution in [3.63, 3.8) is 0 Å². The van der Waals surface area contributed by atoms with Gasteiger partial charge in [-0.2, -0.15) is 0 Å². The molecular weight excluding hydrogens is 402 g/mol. The molecule has 0 N–H and O–H groups in total. The zero-order valence-corrected chi connectivity index (χ0v) is 18.9. The van der Waals surface area contributed by atoms with Crippen LogP contribution in [0.1, 0.15) is 6.92 Å². The Morgan fingerprint density at radius 1 is 0.600 bits per heavy atom. The van der Waals surface area contributed by atoms with E-state index in [9.17, 15) is 4.57 Å². The molecule has 3 heteroatoms. The molecule has 1 unspecified atom stereocenters. The average Bonchev–Trinajstić information content (AvgIpc) is 2.82. The molecule has 0 aliphatic heterocycles. The monoisotopic (exact) mass is 428 g/mol. The second-order valence-corrected chi connectivity index (χ2v) is 13.0. The first kappa shape index (κ1) is 20.8. The van der Waals surface area contributed by atoms with Gasteiger partial charge >= 0.3 is 0 Å². The molecule has 0 amide bonds. The fraction of sp³-hybridized carbons (Fsp3) is 0.111. The number of rotatable bonds is 7. The van der Waals surface area contributed by atoms with Gasteiger partial charge in [0.05, 0.1) is 0 Å². The third-order valence-electron chi connectivity index (χ3n) is 5.38. The summed E-state index contributed by atoms with van der Waals surface area (Å²) in [5.74, 6) is 0. The second-order valence-electron chi connectivity index (χ2n) is 7.48. The van der Waals surface area contributed by atoms with Crippen LogP contribution < -0.4 is 21.2 Å². The lowest BCUT2D eigenvalue weighted by Crippen LogP contribution is -2.27. The highest BCUT2D eigenvalue weighted by atomic mass is 31.2. The van der Waals surface area contributed by atoms with Gasteiger partial charge < -0.3 is 4.57 Å². The van der Waals surface area contributed by atoms with Crippen LogP contribution in [0, 0.1) is 0 Å². The number of hydrogen-bond acceptors (Lipinski definition) is 1. The SMILES string of the molecule is CC(CP(=O)(c1ccccc1)c1ccccc1)P(c1ccccc1)c1ccccc1. The first-order valence-corrected chi connectivity index (χ1v) is 13.6. The van der Waals surface area contributed by atoms with E-state index >= 15 is 0 Å². The standard InChI is InChI=1S/C27H26OP2/c1-23(29(24-14-6-2-7-15-24)25-16-8-3-9-17-25)22-30(28,26-18-10-4-11-19-26)27-20-12-5-13-21-27/h2-21,23H,22H2,1H3. The highest BCUT2D eigenvalue weighted by Crippen LogP contribution is 2.50. The van der Waals surface area contributed by atoms with E-state index in [0.29, 0.717) is 6.16 Å². The minimum absolute atomic E-state index is 0.260. The maximum absolute atomic E-state index is 14.6. The first-order valence-electron chi connectivity index (χ1n) is 10.3. The third-order valence-corrected chi connectivity index (χ3v) is 11.8. The summed E-state index contributed by atoms with van der Waals surface area (Å²) in [6.45, 7) is 2.27. The molecule has 0 radical (unpaired) electrons. The summed E-state index contributed by atoms with van der Waals surface area (Å²) < 4.78 is 14.6. The van der Waals surface area contributed by atoms with Crippen molar-refractivity contribution in [1.82, 2.24) is 0 Å². The highest BCUT2D eigenvalue weighted by Gasteiger charge is 2.33. The molecule has 1 atom stereocenters. The lowest BCUT2D eigenvalue weighted by atomic mass is 10.4. The summed E-state index contributed by atoms with van der Waals surface area (Å²) in [7, 11) is -3.39. The van der Waals surface area contributed by atoms with Crippen molar-refractivity contribution in [2.75, 3.05) is 6.16 Å². The van der Waals surface area contributed by atoms with E-state index in [4.69, 9.17) is 0 Å². The van der Waals surface area contributed by atoms with Gasteiger partial charge in [0.15, 0.2) is 0 Å². The Morgan fingerprint density at radius 3 is 1.30 bits per heavy atom. The smallest absolute Gasteiger partial charge is 0.143 e. The summed E-state index contributed by atoms with van der Waals surface area (Å²) in [5, 5.41) is 4.55. The van der Waals surface area contributed by atoms with Gasteiger partial charge in [-0.05, 0) is 24.2 Å². The van der Waals surface area contributed by atoms with Crippen LogP contribution >= 0.6 is 15.1 Å². The third kappa shape index (κ3) is 4.49. The van der Waals surface area contributed by atoms with Crippen LogP contribution in [0.5, 0.6) is 0 Å². The Labute approximate surface area is 180 Å². The number of hydrogen-bond donors (Lipinski definition) is 0. The van der Waals surface area contributed by atoms with E-state index in [1.807, 2.05) is 60.7 Å². The Balaban J connectivity index is 1.77. The van der Waals surface area contributed by atoms with Crippen LogP contribution in [0.25, 0.3) is 0 Å². The molecule has 0 bridgehead atoms. The fourth-order valence-electron chi connectivity index (χ4n) is 3.99. The van der Waals surface area contributed by atoms with Gasteiger partial charge in [0.2, 0.25) is 0 Å². The lowest BCUT2D eigenvalue weighted by Gasteiger charge is -2.30. The van der Waals surface area contributed by atoms with E-state index < -0.39 is 15.1 Å². The molecule has 4 aromatic rings. The normalized spacial score (nSPS) is 12.6. The first-order chi connectivity index (χ1) is 14.7. The molecule has 0 aliphatic carbocycles. The predicted molar refractivity (Wildman–Crippen MR) is 133 cm³/mol. The predicted octanol–water partition coefficient (Wildman–Crippen LogP) is 5.52. The minimum atomic E-state index is -2.76. The van der Waals surface area contributed by atoms with Crippen LogP contribution in [0.3, 0.4) is 0 Å². The van der Waals surface area contributed by atoms with Crippen molar-refractivity contribution in [3.05, 3.63) is 121 Å². The molecule has 4 rings (SSSR count). The molecule has 0 heterocycles. The van der Waals surface area contributed by atoms with Gasteiger partial charge in [-0.25, -0.2) is 0 Å². The fourth-order valence-corrected chi connectivity index (χ4v) is 10.4. The van der Waals surface area contributed by atoms with E-state index in [2.05, 4.69) is 67.6 Å². The summed E-state index contributed by atoms with van der Waals surface area (Å²) in [6.07, 6.45) is 0.649. The van der Waals surface area contributed by atoms with Gasteiger partial charge in [-0.1, -0.05) is 128 Å². The zero-order chi connectivity index (χ0) is 20.8. The van der Waals surface area contributed by atoms with E-state index in [-0.39, 0.29) is 5.66 Å². The minimum Gasteiger partial charge on any atom is -0.314 e. The summed E-state index contributed by atoms with van der Waals surface area (Å²) >= 11 is 0. The Hall–Kier alpha value is -2.46. The van der Waals surface area contributed by atoms with E-state index in [0.717, 1.165) is 10.6 Å². The topological polar surface area (TPSA) is 17.1 Å². The molecule has 1 nitrogen and oxygen atoms in total. The maximum atomic E-state index is 14.6. The molecule has 0 saturated heterocycles. The van der Waals surface area contributed by atoms with Gasteiger partial charge in [0, 0.05) is 16.8 Å². The van der Waals surface area contributed by atoms with Crippen LogP contribution in [-0.2, 0) is 4.57 Å². The van der Waals surface area contributed by atoms with Crippen molar-refractivity contribution in [1.29, 1.82) is 0 Å². The molecule has 0 spiro atoms. The van der Waals surface area contributed by atoms with Crippen molar-refractivity contribution in [3.8, 4) is 0 Å². The molecule has 4 aromatic carbocycles. The Morgan fingerprint density at radius 2 is 0.933 bits per heavy atom. The molecule has 150 valence electrons. The molecule has 0 fully saturated rings. The van der Waals surface area contributed by atoms with Gasteiger partial charge in [0.25, 0.3) is 0 Å². The Kier molecular flexibility index (Phi) is 6.63. The van der Waals surface area contributed by atoms with E-state index in [1.54, 1.807) is 0 Å². The van der Waals surface area contributed by atoms with E-state index in [1.165, 1.54) is 10.6 Å². The summed E-state index contributed by atoms with van der Waals surface area (Å²) in [5.41, 5.74) is 0.260. The van der Waals surface area contributed by atoms with Crippen LogP contribution in [-0.4, -0.2) is 11.8 Å². The second kappa shape index (κ2) is 9.57. The zero-order valence-electron chi connectivity index (χ0n) is 17.1. The van der Waals surface area contributed by atoms with Crippen LogP contribution in [0.15, 0.2) is 121 Å². The van der Waals surface area contributed by atoms with Crippen LogP contribution in [0.4, 0.5) is 0 Å². The summed E-state index contributed by atoms with van der Waals surface area (Å²) in [6, 6.07) is 41.4. The van der Waals surface area contributed by atoms with Crippen molar-refractivity contribution in [2.45, 2.75) is 12.6 Å². The summed E-state index contributed by atoms with van der Waals surface area (Å²) in [4.78, 5) is 0. The molecule has 0 saturated carbocycles. The Bertz CT molecular complexity index is 1010. The quantitative estimate of drug-likeness (QED) is 0.354. The molecular formula is C27H26OP2. The van der Waals surface area contributed by atoms with Gasteiger partial charge in [-0.15, -0.1) is 0 Å². The van der Waals surface area contributed by atoms with Gasteiger partial charge in [0.1, 0.15) is 7.14 Å². The van der Waals surface area contributed by atoms with Gasteiger partial charge in [-0.3, -0.25) is 0 Å². The van der Waals surface area contributed by atoms with Crippen molar-refractivity contribution < 1.29 is 4.57 Å². The highest BCUT2D eigenvalue weighted by molar-refractivity contribution is 7.80. The number of benzene rings is 4. The molecule has 30 heavy (non-hydrogen) atoms. The molecule has 0 aromatic heterocycles. The van der Waals surface area contributed by atoms with Crippen LogP contribution in [0.2, 0.25) is 0 Å².